The fraction of sp³-hybridized carbons (Fsp3) is 0.545. The van der Waals surface area contributed by atoms with E-state index in [1.54, 1.807) is 12.4 Å². The first-order chi connectivity index (χ1) is 6.65. The Labute approximate surface area is 85.3 Å². The molecule has 0 aliphatic heterocycles. The minimum absolute atomic E-state index is 0.197. The smallest absolute Gasteiger partial charge is 0.127 e. The molecule has 1 aromatic heterocycles. The van der Waals surface area contributed by atoms with Crippen LogP contribution in [0, 0.1) is 5.92 Å². The lowest BCUT2D eigenvalue weighted by Gasteiger charge is -2.19. The first kappa shape index (κ1) is 11.0. The highest BCUT2D eigenvalue weighted by molar-refractivity contribution is 5.29. The van der Waals surface area contributed by atoms with E-state index in [0.717, 1.165) is 11.3 Å². The molecule has 14 heavy (non-hydrogen) atoms. The van der Waals surface area contributed by atoms with Crippen molar-refractivity contribution in [3.63, 3.8) is 0 Å². The minimum atomic E-state index is 0.197. The highest BCUT2D eigenvalue weighted by atomic mass is 16.5. The van der Waals surface area contributed by atoms with Crippen LogP contribution in [0.4, 0.5) is 0 Å². The lowest BCUT2D eigenvalue weighted by atomic mass is 10.1. The van der Waals surface area contributed by atoms with Gasteiger partial charge in [-0.2, -0.15) is 0 Å². The van der Waals surface area contributed by atoms with Gasteiger partial charge in [0.2, 0.25) is 0 Å². The van der Waals surface area contributed by atoms with Crippen molar-refractivity contribution in [3.05, 3.63) is 24.0 Å². The van der Waals surface area contributed by atoms with Crippen molar-refractivity contribution in [2.75, 3.05) is 0 Å². The molecule has 3 nitrogen and oxygen atoms in total. The van der Waals surface area contributed by atoms with Crippen LogP contribution in [0.5, 0.6) is 5.75 Å². The highest BCUT2D eigenvalue weighted by Gasteiger charge is 2.10. The van der Waals surface area contributed by atoms with Crippen molar-refractivity contribution < 1.29 is 4.74 Å². The zero-order valence-corrected chi connectivity index (χ0v) is 9.03. The lowest BCUT2D eigenvalue weighted by molar-refractivity contribution is 0.168. The molecule has 0 amide bonds. The third-order valence-corrected chi connectivity index (χ3v) is 2.33. The number of pyridine rings is 1. The van der Waals surface area contributed by atoms with Crippen LogP contribution in [-0.4, -0.2) is 11.1 Å². The van der Waals surface area contributed by atoms with E-state index in [1.165, 1.54) is 0 Å². The van der Waals surface area contributed by atoms with Gasteiger partial charge in [0.15, 0.2) is 0 Å². The van der Waals surface area contributed by atoms with E-state index in [4.69, 9.17) is 10.5 Å². The molecule has 0 aliphatic rings. The van der Waals surface area contributed by atoms with Gasteiger partial charge in [-0.1, -0.05) is 13.8 Å². The number of hydrogen-bond acceptors (Lipinski definition) is 3. The molecule has 0 fully saturated rings. The molecule has 0 saturated carbocycles. The van der Waals surface area contributed by atoms with Crippen LogP contribution in [0.15, 0.2) is 18.5 Å². The predicted molar refractivity (Wildman–Crippen MR) is 57.1 cm³/mol. The van der Waals surface area contributed by atoms with Gasteiger partial charge < -0.3 is 10.5 Å². The molecule has 78 valence electrons. The molecule has 1 atom stereocenters. The zero-order chi connectivity index (χ0) is 10.6. The summed E-state index contributed by atoms with van der Waals surface area (Å²) < 4.78 is 5.78. The molecule has 0 bridgehead atoms. The molecule has 0 radical (unpaired) electrons. The number of rotatable bonds is 4. The summed E-state index contributed by atoms with van der Waals surface area (Å²) in [7, 11) is 0. The molecule has 1 aromatic rings. The SMILES string of the molecule is CC(C)C(C)Oc1ccncc1CN. The van der Waals surface area contributed by atoms with Crippen LogP contribution in [0.1, 0.15) is 26.3 Å². The van der Waals surface area contributed by atoms with E-state index in [9.17, 15) is 0 Å². The highest BCUT2D eigenvalue weighted by Crippen LogP contribution is 2.19. The first-order valence-corrected chi connectivity index (χ1v) is 4.94. The normalized spacial score (nSPS) is 12.9. The second-order valence-electron chi connectivity index (χ2n) is 3.75. The number of hydrogen-bond donors (Lipinski definition) is 1. The monoisotopic (exact) mass is 194 g/mol. The van der Waals surface area contributed by atoms with E-state index >= 15 is 0 Å². The quantitative estimate of drug-likeness (QED) is 0.797. The summed E-state index contributed by atoms with van der Waals surface area (Å²) >= 11 is 0. The average Bonchev–Trinajstić information content (AvgIpc) is 2.18. The molecule has 3 heteroatoms. The van der Waals surface area contributed by atoms with Crippen molar-refractivity contribution in [1.82, 2.24) is 4.98 Å². The second-order valence-corrected chi connectivity index (χ2v) is 3.75. The Hall–Kier alpha value is -1.09. The van der Waals surface area contributed by atoms with Gasteiger partial charge in [-0.15, -0.1) is 0 Å². The van der Waals surface area contributed by atoms with E-state index in [2.05, 4.69) is 25.8 Å². The van der Waals surface area contributed by atoms with Crippen molar-refractivity contribution in [2.45, 2.75) is 33.4 Å². The van der Waals surface area contributed by atoms with Gasteiger partial charge in [0.25, 0.3) is 0 Å². The molecule has 0 spiro atoms. The minimum Gasteiger partial charge on any atom is -0.490 e. The van der Waals surface area contributed by atoms with Crippen LogP contribution < -0.4 is 10.5 Å². The number of nitrogens with two attached hydrogens (primary N) is 1. The van der Waals surface area contributed by atoms with E-state index in [1.807, 2.05) is 6.07 Å². The van der Waals surface area contributed by atoms with Crippen LogP contribution >= 0.6 is 0 Å². The fourth-order valence-corrected chi connectivity index (χ4v) is 1.02. The molecule has 1 rings (SSSR count). The van der Waals surface area contributed by atoms with Crippen LogP contribution in [0.2, 0.25) is 0 Å². The third-order valence-electron chi connectivity index (χ3n) is 2.33. The van der Waals surface area contributed by atoms with Gasteiger partial charge >= 0.3 is 0 Å². The molecular formula is C11H18N2O. The summed E-state index contributed by atoms with van der Waals surface area (Å²) in [4.78, 5) is 4.01. The summed E-state index contributed by atoms with van der Waals surface area (Å²) in [5.74, 6) is 1.34. The van der Waals surface area contributed by atoms with Crippen molar-refractivity contribution in [3.8, 4) is 5.75 Å². The molecule has 0 aromatic carbocycles. The van der Waals surface area contributed by atoms with Crippen molar-refractivity contribution >= 4 is 0 Å². The molecule has 1 unspecified atom stereocenters. The summed E-state index contributed by atoms with van der Waals surface area (Å²) in [6.07, 6.45) is 3.67. The number of aromatic nitrogens is 1. The van der Waals surface area contributed by atoms with E-state index < -0.39 is 0 Å². The second kappa shape index (κ2) is 4.96. The molecule has 1 heterocycles. The van der Waals surface area contributed by atoms with Crippen molar-refractivity contribution in [2.24, 2.45) is 11.7 Å². The summed E-state index contributed by atoms with van der Waals surface area (Å²) in [6, 6.07) is 1.86. The standard InChI is InChI=1S/C11H18N2O/c1-8(2)9(3)14-11-4-5-13-7-10(11)6-12/h4-5,7-9H,6,12H2,1-3H3. The Kier molecular flexibility index (Phi) is 3.89. The zero-order valence-electron chi connectivity index (χ0n) is 9.03. The fourth-order valence-electron chi connectivity index (χ4n) is 1.02. The Morgan fingerprint density at radius 1 is 1.43 bits per heavy atom. The topological polar surface area (TPSA) is 48.1 Å². The number of ether oxygens (including phenoxy) is 1. The van der Waals surface area contributed by atoms with Gasteiger partial charge in [0.1, 0.15) is 5.75 Å². The van der Waals surface area contributed by atoms with Crippen LogP contribution in [-0.2, 0) is 6.54 Å². The van der Waals surface area contributed by atoms with Gasteiger partial charge in [-0.3, -0.25) is 4.98 Å². The maximum Gasteiger partial charge on any atom is 0.127 e. The van der Waals surface area contributed by atoms with Crippen LogP contribution in [0.25, 0.3) is 0 Å². The van der Waals surface area contributed by atoms with E-state index in [-0.39, 0.29) is 6.10 Å². The Bertz CT molecular complexity index is 286. The molecule has 0 saturated heterocycles. The molecule has 2 N–H and O–H groups in total. The molecular weight excluding hydrogens is 176 g/mol. The summed E-state index contributed by atoms with van der Waals surface area (Å²) in [6.45, 7) is 6.79. The van der Waals surface area contributed by atoms with Gasteiger partial charge in [-0.25, -0.2) is 0 Å². The largest absolute Gasteiger partial charge is 0.490 e. The van der Waals surface area contributed by atoms with Gasteiger partial charge in [0.05, 0.1) is 6.10 Å². The van der Waals surface area contributed by atoms with Gasteiger partial charge in [-0.05, 0) is 18.9 Å². The van der Waals surface area contributed by atoms with E-state index in [0.29, 0.717) is 12.5 Å². The van der Waals surface area contributed by atoms with Gasteiger partial charge in [0, 0.05) is 24.5 Å². The number of nitrogens with zero attached hydrogens (tertiary/aromatic N) is 1. The predicted octanol–water partition coefficient (Wildman–Crippen LogP) is 1.96. The summed E-state index contributed by atoms with van der Waals surface area (Å²) in [5, 5.41) is 0. The van der Waals surface area contributed by atoms with Crippen molar-refractivity contribution in [1.29, 1.82) is 0 Å². The Morgan fingerprint density at radius 2 is 2.14 bits per heavy atom. The maximum atomic E-state index is 5.78. The van der Waals surface area contributed by atoms with Crippen LogP contribution in [0.3, 0.4) is 0 Å². The summed E-state index contributed by atoms with van der Waals surface area (Å²) in [5.41, 5.74) is 6.54. The average molecular weight is 194 g/mol. The Morgan fingerprint density at radius 3 is 2.71 bits per heavy atom. The maximum absolute atomic E-state index is 5.78. The Balaban J connectivity index is 2.75. The molecule has 0 aliphatic carbocycles. The third kappa shape index (κ3) is 2.70. The lowest BCUT2D eigenvalue weighted by Crippen LogP contribution is -2.19. The first-order valence-electron chi connectivity index (χ1n) is 4.94.